The Kier molecular flexibility index (Phi) is 7.78. The highest BCUT2D eigenvalue weighted by atomic mass is 32.1. The van der Waals surface area contributed by atoms with E-state index in [1.807, 2.05) is 0 Å². The number of carboxylic acid groups (broad SMARTS) is 1. The molecule has 2 amide bonds. The van der Waals surface area contributed by atoms with E-state index in [1.165, 1.54) is 6.07 Å². The molecule has 1 heterocycles. The van der Waals surface area contributed by atoms with Crippen molar-refractivity contribution in [2.24, 2.45) is 5.92 Å². The van der Waals surface area contributed by atoms with Gasteiger partial charge < -0.3 is 20.5 Å². The average Bonchev–Trinajstić information content (AvgIpc) is 3.30. The first-order valence-corrected chi connectivity index (χ1v) is 12.2. The number of hydrogen-bond acceptors (Lipinski definition) is 5. The fourth-order valence-electron chi connectivity index (χ4n) is 4.07. The number of carbonyl (C=O) groups excluding carboxylic acids is 2. The molecule has 11 heteroatoms. The van der Waals surface area contributed by atoms with Gasteiger partial charge in [0, 0.05) is 19.2 Å². The normalized spacial score (nSPS) is 17.5. The molecule has 7 nitrogen and oxygen atoms in total. The number of halogens is 3. The number of ether oxygens (including phenoxy) is 1. The zero-order valence-corrected chi connectivity index (χ0v) is 19.8. The van der Waals surface area contributed by atoms with Crippen LogP contribution in [0.5, 0.6) is 5.75 Å². The SMILES string of the molecule is O=C(NCCNC(=O)c1cc(F)c(OC2CCC(C(=O)O)CC2)cc1F)c1cc2cccc(F)c2s1. The Morgan fingerprint density at radius 2 is 1.61 bits per heavy atom. The van der Waals surface area contributed by atoms with Gasteiger partial charge in [-0.15, -0.1) is 11.3 Å². The molecule has 1 aliphatic rings. The van der Waals surface area contributed by atoms with E-state index in [9.17, 15) is 27.6 Å². The number of fused-ring (bicyclic) bond motifs is 1. The van der Waals surface area contributed by atoms with E-state index in [1.54, 1.807) is 18.2 Å². The molecule has 0 bridgehead atoms. The molecule has 0 spiro atoms. The first kappa shape index (κ1) is 25.5. The predicted octanol–water partition coefficient (Wildman–Crippen LogP) is 4.50. The number of rotatable bonds is 8. The third-order valence-electron chi connectivity index (χ3n) is 6.00. The maximum atomic E-state index is 14.5. The molecule has 1 saturated carbocycles. The molecule has 0 atom stereocenters. The third-order valence-corrected chi connectivity index (χ3v) is 7.16. The number of thiophene rings is 1. The Balaban J connectivity index is 1.27. The Bertz CT molecular complexity index is 1300. The smallest absolute Gasteiger partial charge is 0.306 e. The van der Waals surface area contributed by atoms with Crippen LogP contribution in [0, 0.1) is 23.4 Å². The van der Waals surface area contributed by atoms with Crippen LogP contribution in [-0.4, -0.2) is 42.1 Å². The number of nitrogens with one attached hydrogen (secondary N) is 2. The van der Waals surface area contributed by atoms with E-state index in [0.717, 1.165) is 23.5 Å². The lowest BCUT2D eigenvalue weighted by molar-refractivity contribution is -0.143. The molecule has 4 rings (SSSR count). The molecule has 1 aliphatic carbocycles. The molecular weight excluding hydrogens is 497 g/mol. The van der Waals surface area contributed by atoms with Gasteiger partial charge in [-0.3, -0.25) is 14.4 Å². The van der Waals surface area contributed by atoms with Gasteiger partial charge in [-0.1, -0.05) is 12.1 Å². The van der Waals surface area contributed by atoms with Crippen molar-refractivity contribution in [2.45, 2.75) is 31.8 Å². The van der Waals surface area contributed by atoms with Gasteiger partial charge in [0.15, 0.2) is 11.6 Å². The first-order chi connectivity index (χ1) is 17.2. The maximum Gasteiger partial charge on any atom is 0.306 e. The lowest BCUT2D eigenvalue weighted by atomic mass is 9.87. The molecule has 0 aliphatic heterocycles. The molecule has 0 saturated heterocycles. The van der Waals surface area contributed by atoms with Gasteiger partial charge in [-0.2, -0.15) is 0 Å². The molecule has 3 aromatic rings. The minimum Gasteiger partial charge on any atom is -0.487 e. The summed E-state index contributed by atoms with van der Waals surface area (Å²) in [5.74, 6) is -5.29. The quantitative estimate of drug-likeness (QED) is 0.380. The van der Waals surface area contributed by atoms with Crippen LogP contribution < -0.4 is 15.4 Å². The number of aliphatic carboxylic acids is 1. The van der Waals surface area contributed by atoms with Crippen LogP contribution in [0.2, 0.25) is 0 Å². The van der Waals surface area contributed by atoms with Gasteiger partial charge in [0.05, 0.1) is 27.2 Å². The number of carbonyl (C=O) groups is 3. The van der Waals surface area contributed by atoms with Gasteiger partial charge in [-0.05, 0) is 49.3 Å². The van der Waals surface area contributed by atoms with Crippen molar-refractivity contribution < 1.29 is 37.4 Å². The van der Waals surface area contributed by atoms with Crippen LogP contribution in [0.4, 0.5) is 13.2 Å². The van der Waals surface area contributed by atoms with Crippen LogP contribution in [-0.2, 0) is 4.79 Å². The summed E-state index contributed by atoms with van der Waals surface area (Å²) in [5, 5.41) is 14.7. The van der Waals surface area contributed by atoms with Crippen LogP contribution in [0.3, 0.4) is 0 Å². The summed E-state index contributed by atoms with van der Waals surface area (Å²) in [4.78, 5) is 36.0. The van der Waals surface area contributed by atoms with E-state index in [-0.39, 0.29) is 18.8 Å². The molecule has 36 heavy (non-hydrogen) atoms. The lowest BCUT2D eigenvalue weighted by Gasteiger charge is -2.27. The predicted molar refractivity (Wildman–Crippen MR) is 127 cm³/mol. The van der Waals surface area contributed by atoms with Crippen molar-refractivity contribution in [3.63, 3.8) is 0 Å². The first-order valence-electron chi connectivity index (χ1n) is 11.4. The van der Waals surface area contributed by atoms with E-state index >= 15 is 0 Å². The van der Waals surface area contributed by atoms with Crippen molar-refractivity contribution in [3.8, 4) is 5.75 Å². The van der Waals surface area contributed by atoms with Gasteiger partial charge >= 0.3 is 5.97 Å². The zero-order chi connectivity index (χ0) is 25.8. The summed E-state index contributed by atoms with van der Waals surface area (Å²) in [7, 11) is 0. The fourth-order valence-corrected chi connectivity index (χ4v) is 5.05. The highest BCUT2D eigenvalue weighted by Gasteiger charge is 2.28. The second-order valence-corrected chi connectivity index (χ2v) is 9.53. The molecule has 2 aromatic carbocycles. The van der Waals surface area contributed by atoms with Crippen LogP contribution >= 0.6 is 11.3 Å². The second-order valence-electron chi connectivity index (χ2n) is 8.47. The van der Waals surface area contributed by atoms with E-state index < -0.39 is 52.8 Å². The second kappa shape index (κ2) is 11.0. The monoisotopic (exact) mass is 520 g/mol. The number of amides is 2. The molecule has 3 N–H and O–H groups in total. The summed E-state index contributed by atoms with van der Waals surface area (Å²) in [5.41, 5.74) is -0.513. The topological polar surface area (TPSA) is 105 Å². The molecule has 0 unspecified atom stereocenters. The Hall–Kier alpha value is -3.60. The van der Waals surface area contributed by atoms with Crippen LogP contribution in [0.25, 0.3) is 10.1 Å². The van der Waals surface area contributed by atoms with Crippen LogP contribution in [0.1, 0.15) is 45.7 Å². The standard InChI is InChI=1S/C25H23F3N2O5S/c26-17-3-1-2-14-10-21(36-22(14)17)24(32)30-9-8-29-23(31)16-11-19(28)20(12-18(16)27)35-15-6-4-13(5-7-15)25(33)34/h1-3,10-13,15H,4-9H2,(H,29,31)(H,30,32)(H,33,34). The Labute approximate surface area is 208 Å². The molecule has 1 aromatic heterocycles. The molecule has 0 radical (unpaired) electrons. The number of benzene rings is 2. The molecule has 190 valence electrons. The fraction of sp³-hybridized carbons (Fsp3) is 0.320. The van der Waals surface area contributed by atoms with Gasteiger partial charge in [0.2, 0.25) is 0 Å². The number of carboxylic acids is 1. The summed E-state index contributed by atoms with van der Waals surface area (Å²) in [6.07, 6.45) is 1.15. The summed E-state index contributed by atoms with van der Waals surface area (Å²) in [6.45, 7) is -0.0262. The van der Waals surface area contributed by atoms with Crippen molar-refractivity contribution in [2.75, 3.05) is 13.1 Å². The van der Waals surface area contributed by atoms with E-state index in [4.69, 9.17) is 9.84 Å². The highest BCUT2D eigenvalue weighted by Crippen LogP contribution is 2.30. The maximum absolute atomic E-state index is 14.5. The van der Waals surface area contributed by atoms with Gasteiger partial charge in [0.1, 0.15) is 11.6 Å². The Morgan fingerprint density at radius 3 is 2.28 bits per heavy atom. The third kappa shape index (κ3) is 5.78. The summed E-state index contributed by atoms with van der Waals surface area (Å²) in [6, 6.07) is 7.66. The highest BCUT2D eigenvalue weighted by molar-refractivity contribution is 7.20. The number of hydrogen-bond donors (Lipinski definition) is 3. The van der Waals surface area contributed by atoms with Crippen molar-refractivity contribution in [1.29, 1.82) is 0 Å². The lowest BCUT2D eigenvalue weighted by Crippen LogP contribution is -2.34. The molecule has 1 fully saturated rings. The van der Waals surface area contributed by atoms with Crippen LogP contribution in [0.15, 0.2) is 36.4 Å². The largest absolute Gasteiger partial charge is 0.487 e. The summed E-state index contributed by atoms with van der Waals surface area (Å²) < 4.78 is 48.7. The van der Waals surface area contributed by atoms with Gasteiger partial charge in [0.25, 0.3) is 11.8 Å². The van der Waals surface area contributed by atoms with Crippen molar-refractivity contribution >= 4 is 39.2 Å². The van der Waals surface area contributed by atoms with E-state index in [2.05, 4.69) is 10.6 Å². The minimum atomic E-state index is -0.973. The zero-order valence-electron chi connectivity index (χ0n) is 19.0. The van der Waals surface area contributed by atoms with Crippen molar-refractivity contribution in [3.05, 3.63) is 64.3 Å². The van der Waals surface area contributed by atoms with E-state index in [0.29, 0.717) is 40.6 Å². The minimum absolute atomic E-state index is 0.0195. The summed E-state index contributed by atoms with van der Waals surface area (Å²) >= 11 is 1.01. The Morgan fingerprint density at radius 1 is 0.917 bits per heavy atom. The average molecular weight is 521 g/mol. The van der Waals surface area contributed by atoms with Crippen molar-refractivity contribution in [1.82, 2.24) is 10.6 Å². The molecular formula is C25H23F3N2O5S. The van der Waals surface area contributed by atoms with Gasteiger partial charge in [-0.25, -0.2) is 13.2 Å².